The highest BCUT2D eigenvalue weighted by Gasteiger charge is 2.18. The molecule has 0 atom stereocenters. The summed E-state index contributed by atoms with van der Waals surface area (Å²) in [4.78, 5) is 27.9. The van der Waals surface area contributed by atoms with Gasteiger partial charge in [0, 0.05) is 6.54 Å². The number of thiazole rings is 1. The minimum Gasteiger partial charge on any atom is -0.480 e. The summed E-state index contributed by atoms with van der Waals surface area (Å²) in [6.45, 7) is 2.09. The van der Waals surface area contributed by atoms with Crippen molar-refractivity contribution in [2.45, 2.75) is 13.3 Å². The summed E-state index contributed by atoms with van der Waals surface area (Å²) in [5.74, 6) is -1.26. The number of carbonyl (C=O) groups is 2. The van der Waals surface area contributed by atoms with Crippen LogP contribution in [-0.2, 0) is 4.79 Å². The molecule has 6 heteroatoms. The quantitative estimate of drug-likeness (QED) is 0.818. The first kappa shape index (κ1) is 11.6. The van der Waals surface area contributed by atoms with Crippen LogP contribution in [0, 0.1) is 0 Å². The van der Waals surface area contributed by atoms with E-state index in [0.29, 0.717) is 11.4 Å². The van der Waals surface area contributed by atoms with E-state index >= 15 is 0 Å². The van der Waals surface area contributed by atoms with E-state index in [1.807, 2.05) is 6.92 Å². The SMILES string of the molecule is CCCN(CC(=O)O)C(=O)c1cncs1. The van der Waals surface area contributed by atoms with Crippen LogP contribution in [0.2, 0.25) is 0 Å². The fraction of sp³-hybridized carbons (Fsp3) is 0.444. The summed E-state index contributed by atoms with van der Waals surface area (Å²) in [6.07, 6.45) is 2.19. The third-order valence-electron chi connectivity index (χ3n) is 1.75. The van der Waals surface area contributed by atoms with E-state index in [1.54, 1.807) is 5.51 Å². The molecule has 1 amide bonds. The molecule has 1 aromatic heterocycles. The Hall–Kier alpha value is -1.43. The Balaban J connectivity index is 2.71. The van der Waals surface area contributed by atoms with Crippen molar-refractivity contribution in [3.8, 4) is 0 Å². The van der Waals surface area contributed by atoms with Gasteiger partial charge in [-0.3, -0.25) is 14.6 Å². The van der Waals surface area contributed by atoms with E-state index in [-0.39, 0.29) is 12.5 Å². The van der Waals surface area contributed by atoms with Crippen molar-refractivity contribution in [2.24, 2.45) is 0 Å². The average Bonchev–Trinajstić information content (AvgIpc) is 2.68. The van der Waals surface area contributed by atoms with Crippen molar-refractivity contribution in [1.82, 2.24) is 9.88 Å². The van der Waals surface area contributed by atoms with Crippen LogP contribution in [0.15, 0.2) is 11.7 Å². The molecule has 0 aliphatic rings. The Bertz CT molecular complexity index is 337. The lowest BCUT2D eigenvalue weighted by Gasteiger charge is -2.18. The molecule has 82 valence electrons. The average molecular weight is 228 g/mol. The van der Waals surface area contributed by atoms with Gasteiger partial charge >= 0.3 is 5.97 Å². The lowest BCUT2D eigenvalue weighted by molar-refractivity contribution is -0.137. The van der Waals surface area contributed by atoms with E-state index < -0.39 is 5.97 Å². The maximum Gasteiger partial charge on any atom is 0.323 e. The van der Waals surface area contributed by atoms with Gasteiger partial charge in [-0.1, -0.05) is 6.92 Å². The van der Waals surface area contributed by atoms with E-state index in [9.17, 15) is 9.59 Å². The molecule has 1 heterocycles. The highest BCUT2D eigenvalue weighted by atomic mass is 32.1. The molecular weight excluding hydrogens is 216 g/mol. The molecule has 0 aliphatic carbocycles. The zero-order chi connectivity index (χ0) is 11.3. The molecule has 0 unspecified atom stereocenters. The van der Waals surface area contributed by atoms with E-state index in [1.165, 1.54) is 22.4 Å². The van der Waals surface area contributed by atoms with Crippen molar-refractivity contribution in [3.05, 3.63) is 16.6 Å². The smallest absolute Gasteiger partial charge is 0.323 e. The van der Waals surface area contributed by atoms with Crippen LogP contribution in [0.1, 0.15) is 23.0 Å². The molecule has 0 aromatic carbocycles. The molecule has 1 rings (SSSR count). The van der Waals surface area contributed by atoms with E-state index in [0.717, 1.165) is 6.42 Å². The van der Waals surface area contributed by atoms with Crippen LogP contribution in [-0.4, -0.2) is 40.0 Å². The van der Waals surface area contributed by atoms with Gasteiger partial charge in [0.1, 0.15) is 11.4 Å². The first-order chi connectivity index (χ1) is 7.15. The fourth-order valence-electron chi connectivity index (χ4n) is 1.16. The molecule has 5 nitrogen and oxygen atoms in total. The summed E-state index contributed by atoms with van der Waals surface area (Å²) in [5.41, 5.74) is 1.55. The monoisotopic (exact) mass is 228 g/mol. The maximum absolute atomic E-state index is 11.8. The molecule has 0 aliphatic heterocycles. The van der Waals surface area contributed by atoms with E-state index in [4.69, 9.17) is 5.11 Å². The minimum atomic E-state index is -0.999. The predicted octanol–water partition coefficient (Wildman–Crippen LogP) is 1.08. The number of aliphatic carboxylic acids is 1. The van der Waals surface area contributed by atoms with Gasteiger partial charge < -0.3 is 10.0 Å². The molecule has 0 fully saturated rings. The van der Waals surface area contributed by atoms with Crippen molar-refractivity contribution in [3.63, 3.8) is 0 Å². The normalized spacial score (nSPS) is 9.93. The number of hydrogen-bond donors (Lipinski definition) is 1. The Morgan fingerprint density at radius 3 is 2.80 bits per heavy atom. The summed E-state index contributed by atoms with van der Waals surface area (Å²) in [5, 5.41) is 8.65. The van der Waals surface area contributed by atoms with Gasteiger partial charge in [0.25, 0.3) is 5.91 Å². The maximum atomic E-state index is 11.8. The highest BCUT2D eigenvalue weighted by molar-refractivity contribution is 7.11. The predicted molar refractivity (Wildman–Crippen MR) is 55.9 cm³/mol. The number of rotatable bonds is 5. The minimum absolute atomic E-state index is 0.259. The van der Waals surface area contributed by atoms with Crippen LogP contribution in [0.25, 0.3) is 0 Å². The highest BCUT2D eigenvalue weighted by Crippen LogP contribution is 2.09. The summed E-state index contributed by atoms with van der Waals surface area (Å²) in [6, 6.07) is 0. The van der Waals surface area contributed by atoms with Gasteiger partial charge in [-0.25, -0.2) is 0 Å². The number of carbonyl (C=O) groups excluding carboxylic acids is 1. The van der Waals surface area contributed by atoms with Crippen molar-refractivity contribution in [1.29, 1.82) is 0 Å². The lowest BCUT2D eigenvalue weighted by Crippen LogP contribution is -2.35. The number of carboxylic acids is 1. The van der Waals surface area contributed by atoms with Gasteiger partial charge in [-0.05, 0) is 6.42 Å². The largest absolute Gasteiger partial charge is 0.480 e. The molecule has 0 spiro atoms. The first-order valence-electron chi connectivity index (χ1n) is 4.54. The molecule has 0 bridgehead atoms. The van der Waals surface area contributed by atoms with Crippen LogP contribution in [0.5, 0.6) is 0 Å². The molecular formula is C9H12N2O3S. The number of hydrogen-bond acceptors (Lipinski definition) is 4. The van der Waals surface area contributed by atoms with Gasteiger partial charge in [0.15, 0.2) is 0 Å². The van der Waals surface area contributed by atoms with Crippen LogP contribution < -0.4 is 0 Å². The Kier molecular flexibility index (Phi) is 4.23. The van der Waals surface area contributed by atoms with Crippen molar-refractivity contribution >= 4 is 23.2 Å². The number of nitrogens with zero attached hydrogens (tertiary/aromatic N) is 2. The van der Waals surface area contributed by atoms with Gasteiger partial charge in [0.2, 0.25) is 0 Å². The van der Waals surface area contributed by atoms with Crippen LogP contribution in [0.3, 0.4) is 0 Å². The fourth-order valence-corrected chi connectivity index (χ4v) is 1.75. The molecule has 0 saturated heterocycles. The number of carboxylic acid groups (broad SMARTS) is 1. The van der Waals surface area contributed by atoms with Gasteiger partial charge in [0.05, 0.1) is 11.7 Å². The van der Waals surface area contributed by atoms with E-state index in [2.05, 4.69) is 4.98 Å². The Labute approximate surface area is 91.4 Å². The Morgan fingerprint density at radius 2 is 2.33 bits per heavy atom. The second-order valence-corrected chi connectivity index (χ2v) is 3.87. The third-order valence-corrected chi connectivity index (χ3v) is 2.51. The van der Waals surface area contributed by atoms with Gasteiger partial charge in [-0.2, -0.15) is 0 Å². The molecule has 0 radical (unpaired) electrons. The summed E-state index contributed by atoms with van der Waals surface area (Å²) < 4.78 is 0. The zero-order valence-corrected chi connectivity index (χ0v) is 9.16. The first-order valence-corrected chi connectivity index (χ1v) is 5.42. The van der Waals surface area contributed by atoms with Gasteiger partial charge in [-0.15, -0.1) is 11.3 Å². The third kappa shape index (κ3) is 3.32. The summed E-state index contributed by atoms with van der Waals surface area (Å²) >= 11 is 1.22. The standard InChI is InChI=1S/C9H12N2O3S/c1-2-3-11(5-8(12)13)9(14)7-4-10-6-15-7/h4,6H,2-3,5H2,1H3,(H,12,13). The lowest BCUT2D eigenvalue weighted by atomic mass is 10.3. The van der Waals surface area contributed by atoms with Crippen molar-refractivity contribution in [2.75, 3.05) is 13.1 Å². The second kappa shape index (κ2) is 5.45. The van der Waals surface area contributed by atoms with Crippen LogP contribution in [0.4, 0.5) is 0 Å². The van der Waals surface area contributed by atoms with Crippen LogP contribution >= 0.6 is 11.3 Å². The topological polar surface area (TPSA) is 70.5 Å². The molecule has 15 heavy (non-hydrogen) atoms. The molecule has 1 aromatic rings. The number of aromatic nitrogens is 1. The number of amides is 1. The summed E-state index contributed by atoms with van der Waals surface area (Å²) in [7, 11) is 0. The molecule has 1 N–H and O–H groups in total. The Morgan fingerprint density at radius 1 is 1.60 bits per heavy atom. The van der Waals surface area contributed by atoms with Crippen molar-refractivity contribution < 1.29 is 14.7 Å². The molecule has 0 saturated carbocycles. The zero-order valence-electron chi connectivity index (χ0n) is 8.34. The second-order valence-electron chi connectivity index (χ2n) is 2.99.